The minimum absolute atomic E-state index is 0.154. The molecule has 134 valence electrons. The van der Waals surface area contributed by atoms with Crippen LogP contribution in [0.3, 0.4) is 0 Å². The molecule has 1 N–H and O–H groups in total. The molecular weight excluding hydrogens is 348 g/mol. The standard InChI is InChI=1S/C19H20N4O2S/c1-10-9-14(13-5-4-6-15(21-13)25-3)22-16-17(23-26-18(10)16)19(24)20-11(2)12-7-8-12/h4-6,9,11-12H,7-8H2,1-3H3,(H,20,24). The first-order chi connectivity index (χ1) is 12.6. The Morgan fingerprint density at radius 1 is 1.31 bits per heavy atom. The van der Waals surface area contributed by atoms with Crippen LogP contribution in [-0.2, 0) is 0 Å². The summed E-state index contributed by atoms with van der Waals surface area (Å²) in [6.45, 7) is 4.05. The van der Waals surface area contributed by atoms with Crippen molar-refractivity contribution in [3.05, 3.63) is 35.5 Å². The van der Waals surface area contributed by atoms with Crippen molar-refractivity contribution >= 4 is 27.7 Å². The van der Waals surface area contributed by atoms with Gasteiger partial charge in [-0.3, -0.25) is 4.79 Å². The number of nitrogens with zero attached hydrogens (tertiary/aromatic N) is 3. The summed E-state index contributed by atoms with van der Waals surface area (Å²) < 4.78 is 10.5. The van der Waals surface area contributed by atoms with Gasteiger partial charge in [-0.1, -0.05) is 6.07 Å². The van der Waals surface area contributed by atoms with Crippen molar-refractivity contribution in [2.24, 2.45) is 5.92 Å². The molecule has 1 aliphatic carbocycles. The zero-order chi connectivity index (χ0) is 18.3. The molecule has 26 heavy (non-hydrogen) atoms. The first-order valence-corrected chi connectivity index (χ1v) is 9.43. The summed E-state index contributed by atoms with van der Waals surface area (Å²) in [6.07, 6.45) is 2.37. The predicted molar refractivity (Wildman–Crippen MR) is 102 cm³/mol. The predicted octanol–water partition coefficient (Wildman–Crippen LogP) is 3.60. The number of fused-ring (bicyclic) bond motifs is 1. The Morgan fingerprint density at radius 2 is 2.12 bits per heavy atom. The number of rotatable bonds is 5. The van der Waals surface area contributed by atoms with Gasteiger partial charge in [-0.2, -0.15) is 4.37 Å². The van der Waals surface area contributed by atoms with Gasteiger partial charge in [-0.15, -0.1) is 0 Å². The molecule has 3 heterocycles. The van der Waals surface area contributed by atoms with E-state index in [1.54, 1.807) is 13.2 Å². The highest BCUT2D eigenvalue weighted by Gasteiger charge is 2.30. The lowest BCUT2D eigenvalue weighted by atomic mass is 10.1. The Balaban J connectivity index is 1.73. The van der Waals surface area contributed by atoms with Gasteiger partial charge in [0.25, 0.3) is 5.91 Å². The van der Waals surface area contributed by atoms with E-state index in [4.69, 9.17) is 9.72 Å². The van der Waals surface area contributed by atoms with Gasteiger partial charge in [0.2, 0.25) is 5.88 Å². The third-order valence-corrected chi connectivity index (χ3v) is 5.68. The maximum absolute atomic E-state index is 12.7. The molecule has 0 spiro atoms. The molecule has 0 aliphatic heterocycles. The molecule has 1 saturated carbocycles. The van der Waals surface area contributed by atoms with Crippen molar-refractivity contribution in [3.63, 3.8) is 0 Å². The van der Waals surface area contributed by atoms with Crippen molar-refractivity contribution in [2.75, 3.05) is 7.11 Å². The second-order valence-corrected chi connectivity index (χ2v) is 7.47. The fourth-order valence-electron chi connectivity index (χ4n) is 3.01. The van der Waals surface area contributed by atoms with Gasteiger partial charge >= 0.3 is 0 Å². The molecule has 4 rings (SSSR count). The maximum atomic E-state index is 12.7. The number of hydrogen-bond donors (Lipinski definition) is 1. The monoisotopic (exact) mass is 368 g/mol. The molecule has 1 unspecified atom stereocenters. The lowest BCUT2D eigenvalue weighted by Gasteiger charge is -2.11. The van der Waals surface area contributed by atoms with Crippen molar-refractivity contribution in [2.45, 2.75) is 32.7 Å². The van der Waals surface area contributed by atoms with Crippen LogP contribution in [0.15, 0.2) is 24.3 Å². The quantitative estimate of drug-likeness (QED) is 0.744. The number of methoxy groups -OCH3 is 1. The minimum atomic E-state index is -0.154. The van der Waals surface area contributed by atoms with Crippen LogP contribution < -0.4 is 10.1 Å². The highest BCUT2D eigenvalue weighted by Crippen LogP contribution is 2.33. The number of pyridine rings is 2. The Hall–Kier alpha value is -2.54. The maximum Gasteiger partial charge on any atom is 0.273 e. The van der Waals surface area contributed by atoms with E-state index < -0.39 is 0 Å². The summed E-state index contributed by atoms with van der Waals surface area (Å²) in [6, 6.07) is 7.68. The number of aryl methyl sites for hydroxylation is 1. The van der Waals surface area contributed by atoms with E-state index in [1.165, 1.54) is 24.4 Å². The number of carbonyl (C=O) groups is 1. The normalized spacial score (nSPS) is 15.0. The summed E-state index contributed by atoms with van der Waals surface area (Å²) in [5, 5.41) is 3.06. The summed E-state index contributed by atoms with van der Waals surface area (Å²) in [7, 11) is 1.58. The summed E-state index contributed by atoms with van der Waals surface area (Å²) >= 11 is 1.31. The zero-order valence-electron chi connectivity index (χ0n) is 14.9. The van der Waals surface area contributed by atoms with E-state index in [0.29, 0.717) is 34.4 Å². The van der Waals surface area contributed by atoms with Crippen LogP contribution in [0.1, 0.15) is 35.8 Å². The van der Waals surface area contributed by atoms with Gasteiger partial charge in [-0.05, 0) is 61.8 Å². The lowest BCUT2D eigenvalue weighted by molar-refractivity contribution is 0.0933. The van der Waals surface area contributed by atoms with Crippen LogP contribution in [0.4, 0.5) is 0 Å². The van der Waals surface area contributed by atoms with Crippen molar-refractivity contribution in [3.8, 4) is 17.3 Å². The van der Waals surface area contributed by atoms with Gasteiger partial charge in [-0.25, -0.2) is 9.97 Å². The van der Waals surface area contributed by atoms with Gasteiger partial charge in [0.1, 0.15) is 5.52 Å². The number of ether oxygens (including phenoxy) is 1. The Bertz CT molecular complexity index is 981. The van der Waals surface area contributed by atoms with Crippen LogP contribution in [0, 0.1) is 12.8 Å². The Kier molecular flexibility index (Phi) is 4.32. The molecule has 3 aromatic rings. The Labute approximate surface area is 155 Å². The molecule has 0 radical (unpaired) electrons. The van der Waals surface area contributed by atoms with Gasteiger partial charge in [0, 0.05) is 12.1 Å². The third kappa shape index (κ3) is 3.14. The molecule has 0 bridgehead atoms. The minimum Gasteiger partial charge on any atom is -0.481 e. The summed E-state index contributed by atoms with van der Waals surface area (Å²) in [4.78, 5) is 21.8. The van der Waals surface area contributed by atoms with Crippen LogP contribution in [0.25, 0.3) is 21.6 Å². The van der Waals surface area contributed by atoms with Gasteiger partial charge in [0.05, 0.1) is 23.2 Å². The molecular formula is C19H20N4O2S. The molecule has 3 aromatic heterocycles. The van der Waals surface area contributed by atoms with Crippen molar-refractivity contribution in [1.82, 2.24) is 19.7 Å². The molecule has 1 atom stereocenters. The number of aromatic nitrogens is 3. The molecule has 1 fully saturated rings. The topological polar surface area (TPSA) is 77.0 Å². The highest BCUT2D eigenvalue weighted by atomic mass is 32.1. The number of carbonyl (C=O) groups excluding carboxylic acids is 1. The lowest BCUT2D eigenvalue weighted by Crippen LogP contribution is -2.34. The second-order valence-electron chi connectivity index (χ2n) is 6.70. The summed E-state index contributed by atoms with van der Waals surface area (Å²) in [5.74, 6) is 0.968. The van der Waals surface area contributed by atoms with E-state index in [9.17, 15) is 4.79 Å². The van der Waals surface area contributed by atoms with Crippen LogP contribution in [-0.4, -0.2) is 33.4 Å². The van der Waals surface area contributed by atoms with E-state index in [0.717, 1.165) is 10.3 Å². The first kappa shape index (κ1) is 16.9. The molecule has 1 amide bonds. The number of amides is 1. The fraction of sp³-hybridized carbons (Fsp3) is 0.368. The van der Waals surface area contributed by atoms with Gasteiger partial charge < -0.3 is 10.1 Å². The number of nitrogens with one attached hydrogen (secondary N) is 1. The van der Waals surface area contributed by atoms with Crippen LogP contribution in [0.2, 0.25) is 0 Å². The second kappa shape index (κ2) is 6.64. The van der Waals surface area contributed by atoms with E-state index >= 15 is 0 Å². The van der Waals surface area contributed by atoms with E-state index in [2.05, 4.69) is 14.7 Å². The Morgan fingerprint density at radius 3 is 2.85 bits per heavy atom. The third-order valence-electron chi connectivity index (χ3n) is 4.71. The molecule has 6 nitrogen and oxygen atoms in total. The van der Waals surface area contributed by atoms with E-state index in [1.807, 2.05) is 32.0 Å². The molecule has 1 aliphatic rings. The fourth-order valence-corrected chi connectivity index (χ4v) is 3.80. The smallest absolute Gasteiger partial charge is 0.273 e. The van der Waals surface area contributed by atoms with Crippen LogP contribution >= 0.6 is 11.5 Å². The number of hydrogen-bond acceptors (Lipinski definition) is 6. The summed E-state index contributed by atoms with van der Waals surface area (Å²) in [5.41, 5.74) is 3.47. The highest BCUT2D eigenvalue weighted by molar-refractivity contribution is 7.13. The average Bonchev–Trinajstić information content (AvgIpc) is 3.41. The van der Waals surface area contributed by atoms with Crippen molar-refractivity contribution < 1.29 is 9.53 Å². The van der Waals surface area contributed by atoms with Crippen molar-refractivity contribution in [1.29, 1.82) is 0 Å². The van der Waals surface area contributed by atoms with Gasteiger partial charge in [0.15, 0.2) is 5.69 Å². The van der Waals surface area contributed by atoms with Crippen LogP contribution in [0.5, 0.6) is 5.88 Å². The average molecular weight is 368 g/mol. The largest absolute Gasteiger partial charge is 0.481 e. The molecule has 0 saturated heterocycles. The SMILES string of the molecule is COc1cccc(-c2cc(C)c3snc(C(=O)NC(C)C4CC4)c3n2)n1. The molecule has 7 heteroatoms. The first-order valence-electron chi connectivity index (χ1n) is 8.66. The van der Waals surface area contributed by atoms with E-state index in [-0.39, 0.29) is 11.9 Å². The zero-order valence-corrected chi connectivity index (χ0v) is 15.8. The molecule has 0 aromatic carbocycles.